The van der Waals surface area contributed by atoms with Crippen molar-refractivity contribution in [3.63, 3.8) is 0 Å². The molecule has 1 heterocycles. The zero-order valence-corrected chi connectivity index (χ0v) is 11.9. The summed E-state index contributed by atoms with van der Waals surface area (Å²) in [6.45, 7) is 3.02. The van der Waals surface area contributed by atoms with Crippen LogP contribution in [0.15, 0.2) is 41.4 Å². The minimum atomic E-state index is 0.343. The smallest absolute Gasteiger partial charge is 0.0518 e. The minimum Gasteiger partial charge on any atom is -0.305 e. The van der Waals surface area contributed by atoms with Crippen molar-refractivity contribution >= 4 is 11.8 Å². The van der Waals surface area contributed by atoms with E-state index in [2.05, 4.69) is 47.9 Å². The Labute approximate surface area is 113 Å². The SMILES string of the molecule is CSc1ccc(C(C)NCc2ccnn2C)cc1. The molecule has 2 rings (SSSR count). The van der Waals surface area contributed by atoms with E-state index in [0.29, 0.717) is 6.04 Å². The van der Waals surface area contributed by atoms with Gasteiger partial charge in [0, 0.05) is 30.7 Å². The molecule has 4 heteroatoms. The summed E-state index contributed by atoms with van der Waals surface area (Å²) in [6, 6.07) is 11.1. The van der Waals surface area contributed by atoms with Crippen LogP contribution in [0.25, 0.3) is 0 Å². The standard InChI is InChI=1S/C14H19N3S/c1-11(12-4-6-14(18-3)7-5-12)15-10-13-8-9-16-17(13)2/h4-9,11,15H,10H2,1-3H3. The summed E-state index contributed by atoms with van der Waals surface area (Å²) < 4.78 is 1.90. The van der Waals surface area contributed by atoms with Crippen LogP contribution in [-0.2, 0) is 13.6 Å². The summed E-state index contributed by atoms with van der Waals surface area (Å²) >= 11 is 1.77. The lowest BCUT2D eigenvalue weighted by Crippen LogP contribution is -2.19. The third-order valence-corrected chi connectivity index (χ3v) is 3.87. The summed E-state index contributed by atoms with van der Waals surface area (Å²) in [4.78, 5) is 1.30. The zero-order valence-electron chi connectivity index (χ0n) is 11.1. The number of nitrogens with zero attached hydrogens (tertiary/aromatic N) is 2. The maximum absolute atomic E-state index is 4.16. The molecule has 0 aliphatic rings. The number of aryl methyl sites for hydroxylation is 1. The fourth-order valence-electron chi connectivity index (χ4n) is 1.84. The normalized spacial score (nSPS) is 12.6. The molecule has 0 aliphatic heterocycles. The Bertz CT molecular complexity index is 490. The average molecular weight is 261 g/mol. The molecule has 1 atom stereocenters. The van der Waals surface area contributed by atoms with Gasteiger partial charge < -0.3 is 5.32 Å². The van der Waals surface area contributed by atoms with E-state index in [1.54, 1.807) is 11.8 Å². The van der Waals surface area contributed by atoms with Crippen molar-refractivity contribution in [2.75, 3.05) is 6.26 Å². The highest BCUT2D eigenvalue weighted by Gasteiger charge is 2.06. The number of rotatable bonds is 5. The fourth-order valence-corrected chi connectivity index (χ4v) is 2.25. The molecule has 0 bridgehead atoms. The number of benzene rings is 1. The Balaban J connectivity index is 1.94. The Kier molecular flexibility index (Phi) is 4.44. The lowest BCUT2D eigenvalue weighted by Gasteiger charge is -2.14. The van der Waals surface area contributed by atoms with Gasteiger partial charge in [0.25, 0.3) is 0 Å². The molecule has 0 saturated carbocycles. The Morgan fingerprint density at radius 2 is 2.00 bits per heavy atom. The summed E-state index contributed by atoms with van der Waals surface area (Å²) in [5.41, 5.74) is 2.51. The Morgan fingerprint density at radius 1 is 1.28 bits per heavy atom. The van der Waals surface area contributed by atoms with Crippen LogP contribution in [0.5, 0.6) is 0 Å². The molecule has 3 nitrogen and oxygen atoms in total. The van der Waals surface area contributed by atoms with E-state index in [9.17, 15) is 0 Å². The van der Waals surface area contributed by atoms with Crippen LogP contribution in [0.2, 0.25) is 0 Å². The maximum Gasteiger partial charge on any atom is 0.0518 e. The van der Waals surface area contributed by atoms with Gasteiger partial charge in [0.05, 0.1) is 5.69 Å². The minimum absolute atomic E-state index is 0.343. The Hall–Kier alpha value is -1.26. The predicted octanol–water partition coefficient (Wildman–Crippen LogP) is 2.99. The summed E-state index contributed by atoms with van der Waals surface area (Å²) in [7, 11) is 1.97. The number of nitrogens with one attached hydrogen (secondary N) is 1. The molecule has 0 spiro atoms. The first-order chi connectivity index (χ1) is 8.70. The van der Waals surface area contributed by atoms with Crippen LogP contribution in [0, 0.1) is 0 Å². The molecule has 96 valence electrons. The van der Waals surface area contributed by atoms with E-state index < -0.39 is 0 Å². The number of hydrogen-bond donors (Lipinski definition) is 1. The average Bonchev–Trinajstić information content (AvgIpc) is 2.81. The van der Waals surface area contributed by atoms with Crippen LogP contribution in [0.4, 0.5) is 0 Å². The van der Waals surface area contributed by atoms with E-state index >= 15 is 0 Å². The summed E-state index contributed by atoms with van der Waals surface area (Å²) in [6.07, 6.45) is 3.92. The van der Waals surface area contributed by atoms with E-state index in [0.717, 1.165) is 6.54 Å². The summed E-state index contributed by atoms with van der Waals surface area (Å²) in [5.74, 6) is 0. The number of aromatic nitrogens is 2. The molecular formula is C14H19N3S. The zero-order chi connectivity index (χ0) is 13.0. The molecular weight excluding hydrogens is 242 g/mol. The van der Waals surface area contributed by atoms with Crippen LogP contribution in [0.3, 0.4) is 0 Å². The van der Waals surface area contributed by atoms with Crippen molar-refractivity contribution < 1.29 is 0 Å². The molecule has 1 unspecified atom stereocenters. The van der Waals surface area contributed by atoms with Crippen LogP contribution >= 0.6 is 11.8 Å². The molecule has 2 aromatic rings. The number of hydrogen-bond acceptors (Lipinski definition) is 3. The molecule has 0 radical (unpaired) electrons. The van der Waals surface area contributed by atoms with Crippen LogP contribution < -0.4 is 5.32 Å². The van der Waals surface area contributed by atoms with Gasteiger partial charge in [0.2, 0.25) is 0 Å². The van der Waals surface area contributed by atoms with Gasteiger partial charge in [-0.25, -0.2) is 0 Å². The predicted molar refractivity (Wildman–Crippen MR) is 76.7 cm³/mol. The fraction of sp³-hybridized carbons (Fsp3) is 0.357. The van der Waals surface area contributed by atoms with E-state index in [-0.39, 0.29) is 0 Å². The molecule has 1 aromatic heterocycles. The molecule has 0 fully saturated rings. The van der Waals surface area contributed by atoms with Crippen molar-refractivity contribution in [3.8, 4) is 0 Å². The first kappa shape index (κ1) is 13.2. The maximum atomic E-state index is 4.16. The molecule has 1 aromatic carbocycles. The van der Waals surface area contributed by atoms with Crippen molar-refractivity contribution in [1.82, 2.24) is 15.1 Å². The second kappa shape index (κ2) is 6.07. The molecule has 18 heavy (non-hydrogen) atoms. The molecule has 0 aliphatic carbocycles. The lowest BCUT2D eigenvalue weighted by molar-refractivity contribution is 0.548. The van der Waals surface area contributed by atoms with Gasteiger partial charge >= 0.3 is 0 Å². The van der Waals surface area contributed by atoms with Crippen LogP contribution in [-0.4, -0.2) is 16.0 Å². The van der Waals surface area contributed by atoms with Gasteiger partial charge in [-0.05, 0) is 36.9 Å². The largest absolute Gasteiger partial charge is 0.305 e. The van der Waals surface area contributed by atoms with Gasteiger partial charge in [-0.3, -0.25) is 4.68 Å². The van der Waals surface area contributed by atoms with Gasteiger partial charge in [0.1, 0.15) is 0 Å². The topological polar surface area (TPSA) is 29.9 Å². The van der Waals surface area contributed by atoms with Gasteiger partial charge in [-0.1, -0.05) is 12.1 Å². The highest BCUT2D eigenvalue weighted by Crippen LogP contribution is 2.19. The lowest BCUT2D eigenvalue weighted by atomic mass is 10.1. The second-order valence-electron chi connectivity index (χ2n) is 4.32. The summed E-state index contributed by atoms with van der Waals surface area (Å²) in [5, 5.41) is 7.68. The monoisotopic (exact) mass is 261 g/mol. The van der Waals surface area contributed by atoms with E-state index in [4.69, 9.17) is 0 Å². The van der Waals surface area contributed by atoms with E-state index in [1.807, 2.05) is 24.0 Å². The highest BCUT2D eigenvalue weighted by molar-refractivity contribution is 7.98. The van der Waals surface area contributed by atoms with Crippen molar-refractivity contribution in [2.24, 2.45) is 7.05 Å². The van der Waals surface area contributed by atoms with Crippen LogP contribution in [0.1, 0.15) is 24.2 Å². The Morgan fingerprint density at radius 3 is 2.56 bits per heavy atom. The quantitative estimate of drug-likeness (QED) is 0.839. The third kappa shape index (κ3) is 3.15. The van der Waals surface area contributed by atoms with Gasteiger partial charge in [-0.2, -0.15) is 5.10 Å². The van der Waals surface area contributed by atoms with Crippen molar-refractivity contribution in [1.29, 1.82) is 0 Å². The van der Waals surface area contributed by atoms with Gasteiger partial charge in [-0.15, -0.1) is 11.8 Å². The second-order valence-corrected chi connectivity index (χ2v) is 5.20. The van der Waals surface area contributed by atoms with Crippen molar-refractivity contribution in [2.45, 2.75) is 24.4 Å². The highest BCUT2D eigenvalue weighted by atomic mass is 32.2. The van der Waals surface area contributed by atoms with Gasteiger partial charge in [0.15, 0.2) is 0 Å². The molecule has 1 N–H and O–H groups in total. The molecule has 0 amide bonds. The first-order valence-corrected chi connectivity index (χ1v) is 7.27. The van der Waals surface area contributed by atoms with Crippen molar-refractivity contribution in [3.05, 3.63) is 47.8 Å². The number of thioether (sulfide) groups is 1. The third-order valence-electron chi connectivity index (χ3n) is 3.13. The molecule has 0 saturated heterocycles. The van der Waals surface area contributed by atoms with E-state index in [1.165, 1.54) is 16.2 Å². The first-order valence-electron chi connectivity index (χ1n) is 6.05.